The lowest BCUT2D eigenvalue weighted by atomic mass is 10.1. The Balaban J connectivity index is 2.19. The number of hydrogen-bond acceptors (Lipinski definition) is 2. The van der Waals surface area contributed by atoms with Crippen molar-refractivity contribution in [2.24, 2.45) is 0 Å². The van der Waals surface area contributed by atoms with E-state index in [1.54, 1.807) is 24.3 Å². The fourth-order valence-electron chi connectivity index (χ4n) is 2.00. The van der Waals surface area contributed by atoms with Crippen LogP contribution in [0.2, 0.25) is 0 Å². The van der Waals surface area contributed by atoms with Gasteiger partial charge in [0.15, 0.2) is 0 Å². The molecular formula is C18H16F2OS. The predicted molar refractivity (Wildman–Crippen MR) is 87.2 cm³/mol. The fraction of sp³-hybridized carbons (Fsp3) is 0.167. The maximum absolute atomic E-state index is 12.4. The van der Waals surface area contributed by atoms with E-state index in [-0.39, 0.29) is 16.8 Å². The summed E-state index contributed by atoms with van der Waals surface area (Å²) in [7, 11) is 0. The number of thioether (sulfide) groups is 1. The van der Waals surface area contributed by atoms with Gasteiger partial charge in [-0.15, -0.1) is 0 Å². The normalized spacial score (nSPS) is 11.8. The summed E-state index contributed by atoms with van der Waals surface area (Å²) in [6.45, 7) is 1.96. The molecule has 4 heteroatoms. The topological polar surface area (TPSA) is 17.1 Å². The first-order chi connectivity index (χ1) is 10.6. The monoisotopic (exact) mass is 318 g/mol. The molecule has 1 atom stereocenters. The summed E-state index contributed by atoms with van der Waals surface area (Å²) in [5, 5.41) is -0.436. The predicted octanol–water partition coefficient (Wildman–Crippen LogP) is 5.78. The van der Waals surface area contributed by atoms with E-state index in [9.17, 15) is 13.6 Å². The van der Waals surface area contributed by atoms with Crippen molar-refractivity contribution in [1.82, 2.24) is 0 Å². The molecule has 22 heavy (non-hydrogen) atoms. The van der Waals surface area contributed by atoms with Crippen molar-refractivity contribution in [1.29, 1.82) is 0 Å². The Kier molecular flexibility index (Phi) is 5.90. The van der Waals surface area contributed by atoms with E-state index in [1.807, 2.05) is 37.3 Å². The molecule has 0 N–H and O–H groups in total. The third-order valence-electron chi connectivity index (χ3n) is 3.19. The number of benzene rings is 2. The number of halogens is 2. The average Bonchev–Trinajstić information content (AvgIpc) is 2.53. The molecular weight excluding hydrogens is 302 g/mol. The van der Waals surface area contributed by atoms with Crippen LogP contribution in [0.5, 0.6) is 0 Å². The van der Waals surface area contributed by atoms with Gasteiger partial charge in [0, 0.05) is 10.8 Å². The second kappa shape index (κ2) is 7.90. The molecule has 0 aliphatic rings. The van der Waals surface area contributed by atoms with Crippen LogP contribution in [-0.4, -0.2) is 5.12 Å². The Hall–Kier alpha value is -1.94. The van der Waals surface area contributed by atoms with Gasteiger partial charge in [-0.25, -0.2) is 0 Å². The molecule has 2 rings (SSSR count). The van der Waals surface area contributed by atoms with E-state index < -0.39 is 6.08 Å². The number of aryl methyl sites for hydroxylation is 1. The van der Waals surface area contributed by atoms with Crippen molar-refractivity contribution in [2.75, 3.05) is 0 Å². The summed E-state index contributed by atoms with van der Waals surface area (Å²) >= 11 is 1.08. The molecule has 0 bridgehead atoms. The van der Waals surface area contributed by atoms with Crippen molar-refractivity contribution < 1.29 is 13.6 Å². The van der Waals surface area contributed by atoms with E-state index in [0.29, 0.717) is 5.56 Å². The molecule has 0 amide bonds. The Labute approximate surface area is 133 Å². The van der Waals surface area contributed by atoms with Gasteiger partial charge >= 0.3 is 0 Å². The third-order valence-corrected chi connectivity index (χ3v) is 4.39. The molecule has 0 radical (unpaired) electrons. The highest BCUT2D eigenvalue weighted by atomic mass is 32.2. The third kappa shape index (κ3) is 4.81. The largest absolute Gasteiger partial charge is 0.282 e. The van der Waals surface area contributed by atoms with Crippen molar-refractivity contribution in [3.63, 3.8) is 0 Å². The fourth-order valence-corrected chi connectivity index (χ4v) is 3.02. The van der Waals surface area contributed by atoms with Gasteiger partial charge in [0.25, 0.3) is 6.08 Å². The minimum absolute atomic E-state index is 0.112. The van der Waals surface area contributed by atoms with Gasteiger partial charge in [-0.2, -0.15) is 8.78 Å². The van der Waals surface area contributed by atoms with E-state index >= 15 is 0 Å². The van der Waals surface area contributed by atoms with E-state index in [1.165, 1.54) is 0 Å². The molecule has 0 fully saturated rings. The van der Waals surface area contributed by atoms with Gasteiger partial charge in [0.2, 0.25) is 5.12 Å². The zero-order valence-electron chi connectivity index (χ0n) is 12.1. The summed E-state index contributed by atoms with van der Waals surface area (Å²) < 4.78 is 24.8. The molecule has 1 nitrogen and oxygen atoms in total. The second-order valence-electron chi connectivity index (χ2n) is 4.90. The van der Waals surface area contributed by atoms with Crippen LogP contribution in [0.25, 0.3) is 0 Å². The molecule has 2 aromatic rings. The van der Waals surface area contributed by atoms with E-state index in [0.717, 1.165) is 29.0 Å². The highest BCUT2D eigenvalue weighted by Gasteiger charge is 2.17. The van der Waals surface area contributed by atoms with Crippen molar-refractivity contribution >= 4 is 16.9 Å². The highest BCUT2D eigenvalue weighted by Crippen LogP contribution is 2.35. The smallest absolute Gasteiger partial charge is 0.266 e. The van der Waals surface area contributed by atoms with Crippen LogP contribution < -0.4 is 0 Å². The van der Waals surface area contributed by atoms with Crippen LogP contribution in [0.3, 0.4) is 0 Å². The number of rotatable bonds is 5. The first-order valence-electron chi connectivity index (χ1n) is 6.90. The molecule has 0 saturated carbocycles. The first-order valence-corrected chi connectivity index (χ1v) is 7.78. The van der Waals surface area contributed by atoms with E-state index in [4.69, 9.17) is 0 Å². The Bertz CT molecular complexity index is 647. The summed E-state index contributed by atoms with van der Waals surface area (Å²) in [5.41, 5.74) is 2.54. The van der Waals surface area contributed by atoms with Crippen molar-refractivity contribution in [3.05, 3.63) is 83.4 Å². The molecule has 2 aromatic carbocycles. The number of carbonyl (C=O) groups is 1. The number of allylic oxidation sites excluding steroid dienone is 1. The lowest BCUT2D eigenvalue weighted by molar-refractivity contribution is 0.108. The van der Waals surface area contributed by atoms with Crippen molar-refractivity contribution in [2.45, 2.75) is 18.6 Å². The zero-order chi connectivity index (χ0) is 15.9. The molecule has 0 aliphatic carbocycles. The van der Waals surface area contributed by atoms with Gasteiger partial charge in [-0.3, -0.25) is 4.79 Å². The van der Waals surface area contributed by atoms with Crippen molar-refractivity contribution in [3.8, 4) is 0 Å². The maximum Gasteiger partial charge on any atom is 0.266 e. The highest BCUT2D eigenvalue weighted by molar-refractivity contribution is 8.14. The van der Waals surface area contributed by atoms with E-state index in [2.05, 4.69) is 0 Å². The van der Waals surface area contributed by atoms with Crippen LogP contribution in [0.4, 0.5) is 8.78 Å². The number of carbonyl (C=O) groups excluding carboxylic acids is 1. The number of hydrogen-bond donors (Lipinski definition) is 0. The average molecular weight is 318 g/mol. The van der Waals surface area contributed by atoms with Crippen LogP contribution in [0, 0.1) is 6.92 Å². The minimum atomic E-state index is -1.72. The summed E-state index contributed by atoms with van der Waals surface area (Å²) in [6, 6.07) is 16.5. The molecule has 0 unspecified atom stereocenters. The standard InChI is InChI=1S/C18H16F2OS/c1-13-7-9-14(10-8-13)16(11-12-17(19)20)22-18(21)15-5-3-2-4-6-15/h2-10,12,16H,11H2,1H3/t16-/m0/s1. The van der Waals surface area contributed by atoms with Gasteiger partial charge in [0.05, 0.1) is 0 Å². The quantitative estimate of drug-likeness (QED) is 0.695. The summed E-state index contributed by atoms with van der Waals surface area (Å²) in [6.07, 6.45) is -0.727. The maximum atomic E-state index is 12.4. The van der Waals surface area contributed by atoms with Crippen LogP contribution >= 0.6 is 11.8 Å². The van der Waals surface area contributed by atoms with Gasteiger partial charge in [-0.05, 0) is 25.0 Å². The Morgan fingerprint density at radius 1 is 1.09 bits per heavy atom. The summed E-state index contributed by atoms with van der Waals surface area (Å²) in [4.78, 5) is 12.3. The van der Waals surface area contributed by atoms with Crippen LogP contribution in [0.15, 0.2) is 66.8 Å². The first kappa shape index (κ1) is 16.4. The van der Waals surface area contributed by atoms with Gasteiger partial charge < -0.3 is 0 Å². The molecule has 0 saturated heterocycles. The molecule has 0 spiro atoms. The lowest BCUT2D eigenvalue weighted by Gasteiger charge is -2.14. The van der Waals surface area contributed by atoms with Gasteiger partial charge in [0.1, 0.15) is 0 Å². The Morgan fingerprint density at radius 3 is 2.32 bits per heavy atom. The summed E-state index contributed by atoms with van der Waals surface area (Å²) in [5.74, 6) is 0. The van der Waals surface area contributed by atoms with Crippen LogP contribution in [-0.2, 0) is 0 Å². The minimum Gasteiger partial charge on any atom is -0.282 e. The molecule has 0 aliphatic heterocycles. The second-order valence-corrected chi connectivity index (χ2v) is 6.08. The molecule has 0 aromatic heterocycles. The van der Waals surface area contributed by atoms with Crippen LogP contribution in [0.1, 0.15) is 33.2 Å². The SMILES string of the molecule is Cc1ccc([C@H](CC=C(F)F)SC(=O)c2ccccc2)cc1. The Morgan fingerprint density at radius 2 is 1.73 bits per heavy atom. The van der Waals surface area contributed by atoms with Gasteiger partial charge in [-0.1, -0.05) is 71.9 Å². The molecule has 114 valence electrons. The molecule has 0 heterocycles. The zero-order valence-corrected chi connectivity index (χ0v) is 12.9. The lowest BCUT2D eigenvalue weighted by Crippen LogP contribution is -2.00.